The van der Waals surface area contributed by atoms with Gasteiger partial charge in [-0.1, -0.05) is 23.7 Å². The molecule has 0 aliphatic carbocycles. The molecule has 4 nitrogen and oxygen atoms in total. The lowest BCUT2D eigenvalue weighted by Crippen LogP contribution is -2.28. The molecule has 0 saturated heterocycles. The Balaban J connectivity index is 2.02. The second kappa shape index (κ2) is 6.98. The van der Waals surface area contributed by atoms with Gasteiger partial charge in [0, 0.05) is 17.2 Å². The summed E-state index contributed by atoms with van der Waals surface area (Å²) in [4.78, 5) is 15.8. The molecule has 110 valence electrons. The van der Waals surface area contributed by atoms with Crippen LogP contribution in [0.4, 0.5) is 4.39 Å². The summed E-state index contributed by atoms with van der Waals surface area (Å²) >= 11 is 9.04. The molecule has 1 atom stereocenters. The maximum Gasteiger partial charge on any atom is 0.254 e. The van der Waals surface area contributed by atoms with Crippen molar-refractivity contribution in [3.8, 4) is 0 Å². The van der Waals surface area contributed by atoms with Crippen molar-refractivity contribution >= 4 is 33.4 Å². The number of amides is 1. The Morgan fingerprint density at radius 1 is 1.48 bits per heavy atom. The lowest BCUT2D eigenvalue weighted by molar-refractivity contribution is 0.0916. The van der Waals surface area contributed by atoms with E-state index >= 15 is 0 Å². The predicted molar refractivity (Wildman–Crippen MR) is 80.6 cm³/mol. The van der Waals surface area contributed by atoms with E-state index in [1.54, 1.807) is 6.07 Å². The average molecular weight is 374 g/mol. The molecule has 0 fully saturated rings. The number of nitrogens with zero attached hydrogens (tertiary/aromatic N) is 1. The number of halogens is 3. The van der Waals surface area contributed by atoms with Gasteiger partial charge in [0.1, 0.15) is 11.0 Å². The largest absolute Gasteiger partial charge is 0.387 e. The number of rotatable bonds is 4. The Labute approximate surface area is 134 Å². The van der Waals surface area contributed by atoms with Gasteiger partial charge in [-0.2, -0.15) is 0 Å². The van der Waals surface area contributed by atoms with E-state index in [-0.39, 0.29) is 17.3 Å². The second-order valence-electron chi connectivity index (χ2n) is 4.27. The van der Waals surface area contributed by atoms with E-state index in [0.29, 0.717) is 10.0 Å². The molecule has 2 aromatic rings. The van der Waals surface area contributed by atoms with Gasteiger partial charge in [-0.25, -0.2) is 9.37 Å². The SMILES string of the molecule is O=C(NCC(O)c1cccc(F)c1)c1cc(Br)cnc1Cl. The molecule has 0 saturated carbocycles. The first kappa shape index (κ1) is 15.9. The van der Waals surface area contributed by atoms with E-state index in [1.165, 1.54) is 30.5 Å². The Morgan fingerprint density at radius 2 is 2.24 bits per heavy atom. The second-order valence-corrected chi connectivity index (χ2v) is 5.55. The van der Waals surface area contributed by atoms with Crippen LogP contribution < -0.4 is 5.32 Å². The quantitative estimate of drug-likeness (QED) is 0.810. The zero-order chi connectivity index (χ0) is 15.4. The van der Waals surface area contributed by atoms with E-state index < -0.39 is 17.8 Å². The van der Waals surface area contributed by atoms with Gasteiger partial charge in [-0.3, -0.25) is 4.79 Å². The summed E-state index contributed by atoms with van der Waals surface area (Å²) in [6, 6.07) is 7.09. The number of hydrogen-bond acceptors (Lipinski definition) is 3. The van der Waals surface area contributed by atoms with Gasteiger partial charge in [0.05, 0.1) is 11.7 Å². The van der Waals surface area contributed by atoms with Gasteiger partial charge in [0.25, 0.3) is 5.91 Å². The summed E-state index contributed by atoms with van der Waals surface area (Å²) in [5.41, 5.74) is 0.575. The summed E-state index contributed by atoms with van der Waals surface area (Å²) in [6.45, 7) is -0.0644. The van der Waals surface area contributed by atoms with Crippen LogP contribution in [0.3, 0.4) is 0 Å². The fourth-order valence-corrected chi connectivity index (χ4v) is 2.22. The zero-order valence-corrected chi connectivity index (χ0v) is 13.0. The highest BCUT2D eigenvalue weighted by Crippen LogP contribution is 2.18. The molecule has 7 heteroatoms. The minimum absolute atomic E-state index is 0.0644. The fourth-order valence-electron chi connectivity index (χ4n) is 1.70. The topological polar surface area (TPSA) is 62.2 Å². The maximum atomic E-state index is 13.1. The molecule has 1 aromatic carbocycles. The highest BCUT2D eigenvalue weighted by Gasteiger charge is 2.14. The van der Waals surface area contributed by atoms with Crippen molar-refractivity contribution in [2.45, 2.75) is 6.10 Å². The smallest absolute Gasteiger partial charge is 0.254 e. The van der Waals surface area contributed by atoms with Gasteiger partial charge in [-0.15, -0.1) is 0 Å². The van der Waals surface area contributed by atoms with Crippen LogP contribution in [0.2, 0.25) is 5.15 Å². The van der Waals surface area contributed by atoms with Crippen LogP contribution in [0, 0.1) is 5.82 Å². The van der Waals surface area contributed by atoms with E-state index in [0.717, 1.165) is 0 Å². The van der Waals surface area contributed by atoms with E-state index in [2.05, 4.69) is 26.2 Å². The van der Waals surface area contributed by atoms with Crippen molar-refractivity contribution in [1.82, 2.24) is 10.3 Å². The molecule has 2 rings (SSSR count). The summed E-state index contributed by atoms with van der Waals surface area (Å²) in [5, 5.41) is 12.5. The van der Waals surface area contributed by atoms with E-state index in [1.807, 2.05) is 0 Å². The van der Waals surface area contributed by atoms with Crippen LogP contribution >= 0.6 is 27.5 Å². The number of hydrogen-bond donors (Lipinski definition) is 2. The number of nitrogens with one attached hydrogen (secondary N) is 1. The van der Waals surface area contributed by atoms with Gasteiger partial charge >= 0.3 is 0 Å². The summed E-state index contributed by atoms with van der Waals surface area (Å²) in [5.74, 6) is -0.915. The average Bonchev–Trinajstić information content (AvgIpc) is 2.47. The van der Waals surface area contributed by atoms with Crippen molar-refractivity contribution in [3.05, 3.63) is 63.1 Å². The fraction of sp³-hybridized carbons (Fsp3) is 0.143. The lowest BCUT2D eigenvalue weighted by Gasteiger charge is -2.12. The Kier molecular flexibility index (Phi) is 5.27. The van der Waals surface area contributed by atoms with Crippen molar-refractivity contribution in [1.29, 1.82) is 0 Å². The minimum atomic E-state index is -1.01. The monoisotopic (exact) mass is 372 g/mol. The molecule has 1 unspecified atom stereocenters. The number of pyridine rings is 1. The predicted octanol–water partition coefficient (Wildman–Crippen LogP) is 3.10. The molecular formula is C14H11BrClFN2O2. The molecule has 1 heterocycles. The van der Waals surface area contributed by atoms with Gasteiger partial charge in [0.15, 0.2) is 0 Å². The van der Waals surface area contributed by atoms with Crippen LogP contribution in [0.1, 0.15) is 22.0 Å². The highest BCUT2D eigenvalue weighted by molar-refractivity contribution is 9.10. The first-order valence-electron chi connectivity index (χ1n) is 6.00. The number of aliphatic hydroxyl groups is 1. The number of aromatic nitrogens is 1. The van der Waals surface area contributed by atoms with Crippen LogP contribution in [-0.4, -0.2) is 22.5 Å². The van der Waals surface area contributed by atoms with Gasteiger partial charge in [0.2, 0.25) is 0 Å². The first-order chi connectivity index (χ1) is 9.97. The Bertz CT molecular complexity index is 669. The number of benzene rings is 1. The molecule has 0 aliphatic heterocycles. The van der Waals surface area contributed by atoms with Crippen LogP contribution in [-0.2, 0) is 0 Å². The third-order valence-corrected chi connectivity index (χ3v) is 3.47. The van der Waals surface area contributed by atoms with E-state index in [9.17, 15) is 14.3 Å². The molecule has 0 radical (unpaired) electrons. The summed E-state index contributed by atoms with van der Waals surface area (Å²) in [6.07, 6.45) is 0.462. The maximum absolute atomic E-state index is 13.1. The van der Waals surface area contributed by atoms with Crippen LogP contribution in [0.5, 0.6) is 0 Å². The van der Waals surface area contributed by atoms with Crippen LogP contribution in [0.25, 0.3) is 0 Å². The molecule has 2 N–H and O–H groups in total. The standard InChI is InChI=1S/C14H11BrClFN2O2/c15-9-5-11(13(16)18-6-9)14(21)19-7-12(20)8-2-1-3-10(17)4-8/h1-6,12,20H,7H2,(H,19,21). The van der Waals surface area contributed by atoms with Gasteiger partial charge < -0.3 is 10.4 Å². The molecular weight excluding hydrogens is 363 g/mol. The third-order valence-electron chi connectivity index (χ3n) is 2.74. The van der Waals surface area contributed by atoms with E-state index in [4.69, 9.17) is 11.6 Å². The van der Waals surface area contributed by atoms with Crippen LogP contribution in [0.15, 0.2) is 41.0 Å². The molecule has 0 aliphatic rings. The molecule has 1 amide bonds. The third kappa shape index (κ3) is 4.23. The number of aliphatic hydroxyl groups excluding tert-OH is 1. The number of carbonyl (C=O) groups is 1. The normalized spacial score (nSPS) is 12.0. The molecule has 0 bridgehead atoms. The van der Waals surface area contributed by atoms with Gasteiger partial charge in [-0.05, 0) is 39.7 Å². The molecule has 1 aromatic heterocycles. The Hall–Kier alpha value is -1.50. The van der Waals surface area contributed by atoms with Crippen molar-refractivity contribution in [2.75, 3.05) is 6.54 Å². The minimum Gasteiger partial charge on any atom is -0.387 e. The molecule has 21 heavy (non-hydrogen) atoms. The Morgan fingerprint density at radius 3 is 2.95 bits per heavy atom. The van der Waals surface area contributed by atoms with Crippen molar-refractivity contribution in [3.63, 3.8) is 0 Å². The first-order valence-corrected chi connectivity index (χ1v) is 7.17. The zero-order valence-electron chi connectivity index (χ0n) is 10.7. The van der Waals surface area contributed by atoms with Crippen molar-refractivity contribution in [2.24, 2.45) is 0 Å². The number of carbonyl (C=O) groups excluding carboxylic acids is 1. The van der Waals surface area contributed by atoms with Crippen molar-refractivity contribution < 1.29 is 14.3 Å². The summed E-state index contributed by atoms with van der Waals surface area (Å²) in [7, 11) is 0. The highest BCUT2D eigenvalue weighted by atomic mass is 79.9. The molecule has 0 spiro atoms. The summed E-state index contributed by atoms with van der Waals surface area (Å²) < 4.78 is 13.7. The lowest BCUT2D eigenvalue weighted by atomic mass is 10.1.